The van der Waals surface area contributed by atoms with Gasteiger partial charge >= 0.3 is 0 Å². The van der Waals surface area contributed by atoms with E-state index in [1.165, 1.54) is 23.3 Å². The SMILES string of the molecule is CC(SC(C)c1ccc(N=C=O)cc1)c1ccc(N=C=O)cc1. The van der Waals surface area contributed by atoms with Crippen molar-refractivity contribution in [2.45, 2.75) is 24.3 Å². The Kier molecular flexibility index (Phi) is 6.07. The summed E-state index contributed by atoms with van der Waals surface area (Å²) in [5.74, 6) is 0. The highest BCUT2D eigenvalue weighted by Crippen LogP contribution is 2.40. The first kappa shape index (κ1) is 16.9. The molecule has 2 unspecified atom stereocenters. The molecule has 0 aromatic heterocycles. The standard InChI is InChI=1S/C18H16N2O2S/c1-13(15-3-7-17(8-4-15)19-11-21)23-14(2)16-5-9-18(10-6-16)20-12-22/h3-10,13-14H,1-2H3. The van der Waals surface area contributed by atoms with Crippen LogP contribution in [0, 0.1) is 0 Å². The number of benzene rings is 2. The molecule has 0 bridgehead atoms. The molecule has 2 rings (SSSR count). The Bertz CT molecular complexity index is 678. The number of isocyanates is 2. The fourth-order valence-electron chi connectivity index (χ4n) is 2.21. The van der Waals surface area contributed by atoms with Gasteiger partial charge in [0.05, 0.1) is 11.4 Å². The molecule has 2 aromatic rings. The highest BCUT2D eigenvalue weighted by Gasteiger charge is 2.13. The molecule has 2 atom stereocenters. The maximum absolute atomic E-state index is 10.2. The van der Waals surface area contributed by atoms with Crippen LogP contribution in [0.2, 0.25) is 0 Å². The molecule has 23 heavy (non-hydrogen) atoms. The zero-order valence-electron chi connectivity index (χ0n) is 12.9. The third-order valence-electron chi connectivity index (χ3n) is 3.48. The fraction of sp³-hybridized carbons (Fsp3) is 0.222. The van der Waals surface area contributed by atoms with Crippen molar-refractivity contribution in [2.24, 2.45) is 9.98 Å². The largest absolute Gasteiger partial charge is 0.240 e. The van der Waals surface area contributed by atoms with Crippen molar-refractivity contribution in [3.05, 3.63) is 59.7 Å². The second-order valence-electron chi connectivity index (χ2n) is 5.01. The van der Waals surface area contributed by atoms with Gasteiger partial charge in [-0.25, -0.2) is 9.59 Å². The van der Waals surface area contributed by atoms with Gasteiger partial charge in [-0.3, -0.25) is 0 Å². The quantitative estimate of drug-likeness (QED) is 0.543. The van der Waals surface area contributed by atoms with E-state index in [1.54, 1.807) is 0 Å². The van der Waals surface area contributed by atoms with Gasteiger partial charge in [0.2, 0.25) is 12.2 Å². The average Bonchev–Trinajstić information content (AvgIpc) is 2.56. The molecule has 0 heterocycles. The third-order valence-corrected chi connectivity index (χ3v) is 4.84. The van der Waals surface area contributed by atoms with Crippen molar-refractivity contribution in [3.8, 4) is 0 Å². The lowest BCUT2D eigenvalue weighted by atomic mass is 10.1. The number of aliphatic imine (C=N–C) groups is 2. The predicted molar refractivity (Wildman–Crippen MR) is 92.9 cm³/mol. The highest BCUT2D eigenvalue weighted by molar-refractivity contribution is 7.99. The summed E-state index contributed by atoms with van der Waals surface area (Å²) in [7, 11) is 0. The van der Waals surface area contributed by atoms with E-state index in [9.17, 15) is 9.59 Å². The van der Waals surface area contributed by atoms with E-state index < -0.39 is 0 Å². The summed E-state index contributed by atoms with van der Waals surface area (Å²) in [5, 5.41) is 0.596. The van der Waals surface area contributed by atoms with E-state index in [1.807, 2.05) is 60.3 Å². The van der Waals surface area contributed by atoms with Crippen LogP contribution >= 0.6 is 11.8 Å². The van der Waals surface area contributed by atoms with E-state index >= 15 is 0 Å². The van der Waals surface area contributed by atoms with Crippen molar-refractivity contribution < 1.29 is 9.59 Å². The van der Waals surface area contributed by atoms with Gasteiger partial charge in [0.15, 0.2) is 0 Å². The molecule has 0 saturated heterocycles. The molecule has 0 saturated carbocycles. The summed E-state index contributed by atoms with van der Waals surface area (Å²) in [4.78, 5) is 27.7. The summed E-state index contributed by atoms with van der Waals surface area (Å²) in [6.45, 7) is 4.29. The van der Waals surface area contributed by atoms with Gasteiger partial charge in [0.25, 0.3) is 0 Å². The summed E-state index contributed by atoms with van der Waals surface area (Å²) in [6.07, 6.45) is 3.08. The van der Waals surface area contributed by atoms with Crippen LogP contribution in [-0.2, 0) is 9.59 Å². The third kappa shape index (κ3) is 4.76. The van der Waals surface area contributed by atoms with E-state index in [2.05, 4.69) is 23.8 Å². The smallest absolute Gasteiger partial charge is 0.211 e. The first-order valence-corrected chi connectivity index (χ1v) is 8.09. The second kappa shape index (κ2) is 8.25. The van der Waals surface area contributed by atoms with E-state index in [4.69, 9.17) is 0 Å². The Morgan fingerprint density at radius 2 is 1.09 bits per heavy atom. The first-order valence-electron chi connectivity index (χ1n) is 7.15. The van der Waals surface area contributed by atoms with Crippen molar-refractivity contribution in [3.63, 3.8) is 0 Å². The average molecular weight is 324 g/mol. The lowest BCUT2D eigenvalue weighted by Crippen LogP contribution is -1.94. The van der Waals surface area contributed by atoms with E-state index in [0.717, 1.165) is 0 Å². The molecule has 2 aromatic carbocycles. The zero-order chi connectivity index (χ0) is 16.7. The van der Waals surface area contributed by atoms with E-state index in [-0.39, 0.29) is 0 Å². The number of hydrogen-bond acceptors (Lipinski definition) is 5. The van der Waals surface area contributed by atoms with Gasteiger partial charge in [-0.1, -0.05) is 24.3 Å². The minimum Gasteiger partial charge on any atom is -0.211 e. The summed E-state index contributed by atoms with van der Waals surface area (Å²) >= 11 is 1.83. The van der Waals surface area contributed by atoms with Crippen LogP contribution in [0.25, 0.3) is 0 Å². The Labute approximate surface area is 139 Å². The molecule has 4 nitrogen and oxygen atoms in total. The molecule has 0 amide bonds. The molecule has 0 N–H and O–H groups in total. The Morgan fingerprint density at radius 3 is 1.39 bits per heavy atom. The molecule has 0 fully saturated rings. The Morgan fingerprint density at radius 1 is 0.739 bits per heavy atom. The van der Waals surface area contributed by atoms with Gasteiger partial charge in [-0.15, -0.1) is 11.8 Å². The molecule has 0 radical (unpaired) electrons. The monoisotopic (exact) mass is 324 g/mol. The summed E-state index contributed by atoms with van der Waals surface area (Å²) in [6, 6.07) is 15.2. The topological polar surface area (TPSA) is 58.9 Å². The fourth-order valence-corrected chi connectivity index (χ4v) is 3.45. The second-order valence-corrected chi connectivity index (χ2v) is 6.70. The Hall–Kier alpha value is -2.45. The zero-order valence-corrected chi connectivity index (χ0v) is 13.7. The van der Waals surface area contributed by atoms with Crippen LogP contribution in [0.1, 0.15) is 35.5 Å². The van der Waals surface area contributed by atoms with E-state index in [0.29, 0.717) is 21.9 Å². The van der Waals surface area contributed by atoms with Crippen molar-refractivity contribution >= 4 is 35.3 Å². The highest BCUT2D eigenvalue weighted by atomic mass is 32.2. The molecule has 5 heteroatoms. The number of rotatable bonds is 6. The van der Waals surface area contributed by atoms with Gasteiger partial charge in [-0.2, -0.15) is 9.98 Å². The number of hydrogen-bond donors (Lipinski definition) is 0. The maximum Gasteiger partial charge on any atom is 0.240 e. The summed E-state index contributed by atoms with van der Waals surface area (Å²) < 4.78 is 0. The predicted octanol–water partition coefficient (Wildman–Crippen LogP) is 5.18. The molecular weight excluding hydrogens is 308 g/mol. The molecular formula is C18H16N2O2S. The first-order chi connectivity index (χ1) is 11.1. The van der Waals surface area contributed by atoms with Gasteiger partial charge in [0.1, 0.15) is 0 Å². The Balaban J connectivity index is 2.04. The lowest BCUT2D eigenvalue weighted by molar-refractivity contribution is 0.564. The van der Waals surface area contributed by atoms with Crippen molar-refractivity contribution in [1.29, 1.82) is 0 Å². The van der Waals surface area contributed by atoms with Gasteiger partial charge in [0, 0.05) is 10.5 Å². The van der Waals surface area contributed by atoms with Crippen LogP contribution < -0.4 is 0 Å². The minimum absolute atomic E-state index is 0.298. The number of carbonyl (C=O) groups excluding carboxylic acids is 2. The molecule has 0 aliphatic rings. The minimum atomic E-state index is 0.298. The number of thioether (sulfide) groups is 1. The molecule has 116 valence electrons. The van der Waals surface area contributed by atoms with Gasteiger partial charge < -0.3 is 0 Å². The van der Waals surface area contributed by atoms with Crippen LogP contribution in [-0.4, -0.2) is 12.2 Å². The normalized spacial score (nSPS) is 12.6. The maximum atomic E-state index is 10.2. The summed E-state index contributed by atoms with van der Waals surface area (Å²) in [5.41, 5.74) is 3.57. The van der Waals surface area contributed by atoms with Crippen molar-refractivity contribution in [2.75, 3.05) is 0 Å². The van der Waals surface area contributed by atoms with Gasteiger partial charge in [-0.05, 0) is 49.2 Å². The van der Waals surface area contributed by atoms with Crippen LogP contribution in [0.3, 0.4) is 0 Å². The van der Waals surface area contributed by atoms with Crippen molar-refractivity contribution in [1.82, 2.24) is 0 Å². The number of nitrogens with zero attached hydrogens (tertiary/aromatic N) is 2. The molecule has 0 aliphatic heterocycles. The van der Waals surface area contributed by atoms with Crippen LogP contribution in [0.15, 0.2) is 58.5 Å². The molecule has 0 spiro atoms. The lowest BCUT2D eigenvalue weighted by Gasteiger charge is -2.18. The van der Waals surface area contributed by atoms with Crippen LogP contribution in [0.4, 0.5) is 11.4 Å². The van der Waals surface area contributed by atoms with Crippen LogP contribution in [0.5, 0.6) is 0 Å². The molecule has 0 aliphatic carbocycles.